The minimum atomic E-state index is 0.578. The Morgan fingerprint density at radius 3 is 2.27 bits per heavy atom. The van der Waals surface area contributed by atoms with Crippen LogP contribution in [0.15, 0.2) is 12.1 Å². The molecule has 0 spiro atoms. The maximum absolute atomic E-state index is 6.05. The Bertz CT molecular complexity index is 300. The van der Waals surface area contributed by atoms with Crippen LogP contribution in [0.5, 0.6) is 5.75 Å². The third-order valence-corrected chi connectivity index (χ3v) is 2.71. The number of aryl methyl sites for hydroxylation is 2. The van der Waals surface area contributed by atoms with Gasteiger partial charge in [-0.2, -0.15) is 0 Å². The zero-order chi connectivity index (χ0) is 11.3. The smallest absolute Gasteiger partial charge is 0.120 e. The lowest BCUT2D eigenvalue weighted by molar-refractivity contribution is 0.110. The zero-order valence-corrected chi connectivity index (χ0v) is 10.2. The molecular weight excluding hydrogens is 212 g/mol. The van der Waals surface area contributed by atoms with Crippen molar-refractivity contribution in [2.24, 2.45) is 0 Å². The first-order valence-corrected chi connectivity index (χ1v) is 5.50. The summed E-state index contributed by atoms with van der Waals surface area (Å²) in [5.74, 6) is 0.856. The second kappa shape index (κ2) is 5.99. The second-order valence-corrected chi connectivity index (χ2v) is 3.79. The second-order valence-electron chi connectivity index (χ2n) is 3.42. The van der Waals surface area contributed by atoms with Gasteiger partial charge in [-0.25, -0.2) is 0 Å². The van der Waals surface area contributed by atoms with Crippen LogP contribution in [0.3, 0.4) is 0 Å². The van der Waals surface area contributed by atoms with E-state index in [0.29, 0.717) is 13.2 Å². The molecule has 0 fully saturated rings. The monoisotopic (exact) mass is 228 g/mol. The first-order valence-electron chi connectivity index (χ1n) is 5.12. The molecule has 0 atom stereocenters. The summed E-state index contributed by atoms with van der Waals surface area (Å²) in [5, 5.41) is 0.812. The Morgan fingerprint density at radius 1 is 1.13 bits per heavy atom. The van der Waals surface area contributed by atoms with Gasteiger partial charge in [0.15, 0.2) is 0 Å². The van der Waals surface area contributed by atoms with Crippen molar-refractivity contribution in [2.75, 3.05) is 19.8 Å². The predicted molar refractivity (Wildman–Crippen MR) is 62.9 cm³/mol. The molecule has 0 saturated carbocycles. The van der Waals surface area contributed by atoms with Gasteiger partial charge in [0.2, 0.25) is 0 Å². The van der Waals surface area contributed by atoms with Gasteiger partial charge in [0, 0.05) is 11.6 Å². The summed E-state index contributed by atoms with van der Waals surface area (Å²) in [5.41, 5.74) is 2.09. The predicted octanol–water partition coefficient (Wildman–Crippen LogP) is 3.37. The van der Waals surface area contributed by atoms with E-state index in [1.165, 1.54) is 0 Å². The van der Waals surface area contributed by atoms with Crippen molar-refractivity contribution in [1.82, 2.24) is 0 Å². The summed E-state index contributed by atoms with van der Waals surface area (Å²) in [6, 6.07) is 3.89. The van der Waals surface area contributed by atoms with Crippen LogP contribution < -0.4 is 4.74 Å². The Labute approximate surface area is 96.2 Å². The van der Waals surface area contributed by atoms with E-state index in [4.69, 9.17) is 21.1 Å². The molecule has 0 saturated heterocycles. The summed E-state index contributed by atoms with van der Waals surface area (Å²) in [4.78, 5) is 0. The highest BCUT2D eigenvalue weighted by molar-refractivity contribution is 6.32. The largest absolute Gasteiger partial charge is 0.491 e. The molecule has 0 heterocycles. The molecule has 0 unspecified atom stereocenters. The Balaban J connectivity index is 2.55. The van der Waals surface area contributed by atoms with Gasteiger partial charge in [0.05, 0.1) is 6.61 Å². The lowest BCUT2D eigenvalue weighted by atomic mass is 10.1. The van der Waals surface area contributed by atoms with Crippen LogP contribution in [0.4, 0.5) is 0 Å². The van der Waals surface area contributed by atoms with Crippen molar-refractivity contribution in [3.05, 3.63) is 28.3 Å². The van der Waals surface area contributed by atoms with Crippen molar-refractivity contribution >= 4 is 11.6 Å². The number of hydrogen-bond donors (Lipinski definition) is 0. The fraction of sp³-hybridized carbons (Fsp3) is 0.500. The Morgan fingerprint density at radius 2 is 1.73 bits per heavy atom. The van der Waals surface area contributed by atoms with E-state index in [0.717, 1.165) is 28.5 Å². The van der Waals surface area contributed by atoms with Gasteiger partial charge in [-0.15, -0.1) is 0 Å². The number of ether oxygens (including phenoxy) is 2. The Kier molecular flexibility index (Phi) is 4.92. The first kappa shape index (κ1) is 12.3. The van der Waals surface area contributed by atoms with Crippen LogP contribution in [0, 0.1) is 13.8 Å². The fourth-order valence-corrected chi connectivity index (χ4v) is 1.46. The van der Waals surface area contributed by atoms with Gasteiger partial charge in [-0.05, 0) is 44.0 Å². The van der Waals surface area contributed by atoms with E-state index in [1.54, 1.807) is 0 Å². The van der Waals surface area contributed by atoms with Gasteiger partial charge < -0.3 is 9.47 Å². The minimum absolute atomic E-state index is 0.578. The number of halogens is 1. The number of hydrogen-bond acceptors (Lipinski definition) is 2. The molecule has 0 radical (unpaired) electrons. The highest BCUT2D eigenvalue weighted by Crippen LogP contribution is 2.25. The Hall–Kier alpha value is -0.730. The molecule has 0 aliphatic rings. The molecule has 1 aromatic carbocycles. The van der Waals surface area contributed by atoms with E-state index in [9.17, 15) is 0 Å². The molecule has 15 heavy (non-hydrogen) atoms. The summed E-state index contributed by atoms with van der Waals surface area (Å²) in [7, 11) is 0. The van der Waals surface area contributed by atoms with Gasteiger partial charge in [0.1, 0.15) is 12.4 Å². The average Bonchev–Trinajstić information content (AvgIpc) is 2.21. The molecule has 1 rings (SSSR count). The van der Waals surface area contributed by atoms with Crippen LogP contribution in [-0.2, 0) is 4.74 Å². The van der Waals surface area contributed by atoms with Crippen LogP contribution in [-0.4, -0.2) is 19.8 Å². The average molecular weight is 229 g/mol. The summed E-state index contributed by atoms with van der Waals surface area (Å²) in [6.45, 7) is 7.85. The van der Waals surface area contributed by atoms with Gasteiger partial charge in [0.25, 0.3) is 0 Å². The first-order chi connectivity index (χ1) is 7.15. The maximum atomic E-state index is 6.05. The third kappa shape index (κ3) is 3.73. The van der Waals surface area contributed by atoms with Crippen molar-refractivity contribution in [3.63, 3.8) is 0 Å². The van der Waals surface area contributed by atoms with E-state index in [-0.39, 0.29) is 0 Å². The number of rotatable bonds is 5. The van der Waals surface area contributed by atoms with Crippen LogP contribution in [0.25, 0.3) is 0 Å². The molecule has 0 aliphatic heterocycles. The topological polar surface area (TPSA) is 18.5 Å². The zero-order valence-electron chi connectivity index (χ0n) is 9.47. The normalized spacial score (nSPS) is 10.4. The molecule has 0 aliphatic carbocycles. The van der Waals surface area contributed by atoms with E-state index < -0.39 is 0 Å². The molecular formula is C12H17ClO2. The highest BCUT2D eigenvalue weighted by atomic mass is 35.5. The molecule has 3 heteroatoms. The van der Waals surface area contributed by atoms with Gasteiger partial charge in [-0.1, -0.05) is 11.6 Å². The van der Waals surface area contributed by atoms with Crippen molar-refractivity contribution in [3.8, 4) is 5.75 Å². The third-order valence-electron chi connectivity index (χ3n) is 2.11. The molecule has 0 N–H and O–H groups in total. The molecule has 2 nitrogen and oxygen atoms in total. The molecule has 0 aromatic heterocycles. The van der Waals surface area contributed by atoms with Crippen LogP contribution >= 0.6 is 11.6 Å². The lowest BCUT2D eigenvalue weighted by Gasteiger charge is -2.09. The molecule has 0 bridgehead atoms. The van der Waals surface area contributed by atoms with E-state index in [1.807, 2.05) is 32.9 Å². The van der Waals surface area contributed by atoms with Crippen LogP contribution in [0.2, 0.25) is 5.02 Å². The summed E-state index contributed by atoms with van der Waals surface area (Å²) in [6.07, 6.45) is 0. The quantitative estimate of drug-likeness (QED) is 0.720. The van der Waals surface area contributed by atoms with Crippen molar-refractivity contribution in [1.29, 1.82) is 0 Å². The lowest BCUT2D eigenvalue weighted by Crippen LogP contribution is -2.06. The van der Waals surface area contributed by atoms with E-state index in [2.05, 4.69) is 0 Å². The number of benzene rings is 1. The SMILES string of the molecule is CCOCCOc1cc(C)c(Cl)c(C)c1. The van der Waals surface area contributed by atoms with Crippen LogP contribution in [0.1, 0.15) is 18.1 Å². The highest BCUT2D eigenvalue weighted by Gasteiger charge is 2.03. The van der Waals surface area contributed by atoms with Crippen molar-refractivity contribution in [2.45, 2.75) is 20.8 Å². The molecule has 1 aromatic rings. The van der Waals surface area contributed by atoms with Gasteiger partial charge in [-0.3, -0.25) is 0 Å². The van der Waals surface area contributed by atoms with Gasteiger partial charge >= 0.3 is 0 Å². The summed E-state index contributed by atoms with van der Waals surface area (Å²) < 4.78 is 10.7. The molecule has 0 amide bonds. The standard InChI is InChI=1S/C12H17ClO2/c1-4-14-5-6-15-11-7-9(2)12(13)10(3)8-11/h7-8H,4-6H2,1-3H3. The minimum Gasteiger partial charge on any atom is -0.491 e. The van der Waals surface area contributed by atoms with Crippen molar-refractivity contribution < 1.29 is 9.47 Å². The summed E-state index contributed by atoms with van der Waals surface area (Å²) >= 11 is 6.05. The molecule has 84 valence electrons. The van der Waals surface area contributed by atoms with E-state index >= 15 is 0 Å². The fourth-order valence-electron chi connectivity index (χ4n) is 1.35. The maximum Gasteiger partial charge on any atom is 0.120 e.